The molecule has 0 radical (unpaired) electrons. The van der Waals surface area contributed by atoms with E-state index in [4.69, 9.17) is 0 Å². The zero-order valence-electron chi connectivity index (χ0n) is 16.6. The first-order valence-electron chi connectivity index (χ1n) is 9.78. The molecule has 3 heterocycles. The van der Waals surface area contributed by atoms with Gasteiger partial charge in [0.1, 0.15) is 28.2 Å². The van der Waals surface area contributed by atoms with Crippen molar-refractivity contribution in [1.82, 2.24) is 9.97 Å². The van der Waals surface area contributed by atoms with Crippen LogP contribution in [-0.2, 0) is 16.6 Å². The molecule has 0 bridgehead atoms. The van der Waals surface area contributed by atoms with Crippen LogP contribution in [0.1, 0.15) is 18.4 Å². The molecule has 31 heavy (non-hydrogen) atoms. The van der Waals surface area contributed by atoms with Gasteiger partial charge >= 0.3 is 0 Å². The number of nitrogens with one attached hydrogen (secondary N) is 2. The van der Waals surface area contributed by atoms with Crippen molar-refractivity contribution in [2.45, 2.75) is 24.3 Å². The first-order chi connectivity index (χ1) is 14.9. The maximum absolute atomic E-state index is 13.3. The number of rotatable bonds is 7. The average Bonchev–Trinajstić information content (AvgIpc) is 3.27. The third-order valence-corrected chi connectivity index (χ3v) is 6.24. The fourth-order valence-electron chi connectivity index (χ4n) is 3.35. The number of halogens is 2. The summed E-state index contributed by atoms with van der Waals surface area (Å²) in [7, 11) is -4.03. The maximum atomic E-state index is 13.3. The summed E-state index contributed by atoms with van der Waals surface area (Å²) in [6.45, 7) is 2.53. The molecule has 0 saturated carbocycles. The largest absolute Gasteiger partial charge is 0.366 e. The molecule has 2 aromatic heterocycles. The molecule has 10 heteroatoms. The molecule has 0 atom stereocenters. The summed E-state index contributed by atoms with van der Waals surface area (Å²) in [6.07, 6.45) is 5.30. The van der Waals surface area contributed by atoms with Gasteiger partial charge in [-0.2, -0.15) is 0 Å². The smallest absolute Gasteiger partial charge is 0.263 e. The van der Waals surface area contributed by atoms with E-state index in [2.05, 4.69) is 24.9 Å². The molecule has 1 fully saturated rings. The highest BCUT2D eigenvalue weighted by Crippen LogP contribution is 2.21. The van der Waals surface area contributed by atoms with Crippen molar-refractivity contribution in [2.75, 3.05) is 28.0 Å². The molecule has 3 aromatic rings. The molecule has 0 spiro atoms. The highest BCUT2D eigenvalue weighted by atomic mass is 32.2. The molecule has 0 unspecified atom stereocenters. The lowest BCUT2D eigenvalue weighted by molar-refractivity contribution is 0.584. The second kappa shape index (κ2) is 8.84. The quantitative estimate of drug-likeness (QED) is 0.576. The molecule has 4 rings (SSSR count). The first-order valence-corrected chi connectivity index (χ1v) is 11.3. The van der Waals surface area contributed by atoms with Gasteiger partial charge in [0.25, 0.3) is 10.0 Å². The van der Waals surface area contributed by atoms with E-state index < -0.39 is 21.7 Å². The van der Waals surface area contributed by atoms with Crippen molar-refractivity contribution < 1.29 is 17.2 Å². The minimum absolute atomic E-state index is 0.122. The van der Waals surface area contributed by atoms with Gasteiger partial charge in [0, 0.05) is 38.1 Å². The van der Waals surface area contributed by atoms with E-state index >= 15 is 0 Å². The van der Waals surface area contributed by atoms with Crippen LogP contribution in [-0.4, -0.2) is 31.5 Å². The summed E-state index contributed by atoms with van der Waals surface area (Å²) in [4.78, 5) is 10.7. The lowest BCUT2D eigenvalue weighted by Crippen LogP contribution is -2.19. The monoisotopic (exact) mass is 445 g/mol. The first kappa shape index (κ1) is 21.0. The summed E-state index contributed by atoms with van der Waals surface area (Å²) >= 11 is 0. The molecule has 2 N–H and O–H groups in total. The second-order valence-corrected chi connectivity index (χ2v) is 8.90. The molecule has 1 aromatic carbocycles. The molecular formula is C21H21F2N5O2S. The van der Waals surface area contributed by atoms with Crippen LogP contribution in [0.25, 0.3) is 0 Å². The van der Waals surface area contributed by atoms with Crippen LogP contribution in [0, 0.1) is 11.6 Å². The standard InChI is InChI=1S/C21H21F2N5O2S/c22-16-10-17(23)12-18(11-16)27-31(29,30)19-3-4-20(26-14-19)25-13-15-5-6-24-21(9-15)28-7-1-2-8-28/h3-6,9-12,14,27H,1-2,7-8,13H2,(H,25,26). The normalized spacial score (nSPS) is 13.9. The van der Waals surface area contributed by atoms with Gasteiger partial charge in [0.2, 0.25) is 0 Å². The Balaban J connectivity index is 1.40. The second-order valence-electron chi connectivity index (χ2n) is 7.21. The van der Waals surface area contributed by atoms with Gasteiger partial charge in [-0.25, -0.2) is 27.2 Å². The molecule has 1 aliphatic rings. The SMILES string of the molecule is O=S(=O)(Nc1cc(F)cc(F)c1)c1ccc(NCc2ccnc(N3CCCC3)c2)nc1. The summed E-state index contributed by atoms with van der Waals surface area (Å²) in [5.74, 6) is -0.305. The number of hydrogen-bond acceptors (Lipinski definition) is 6. The van der Waals surface area contributed by atoms with Crippen molar-refractivity contribution >= 4 is 27.3 Å². The lowest BCUT2D eigenvalue weighted by atomic mass is 10.2. The fourth-order valence-corrected chi connectivity index (χ4v) is 4.34. The van der Waals surface area contributed by atoms with Crippen LogP contribution in [0.4, 0.5) is 26.1 Å². The number of nitrogens with zero attached hydrogens (tertiary/aromatic N) is 3. The van der Waals surface area contributed by atoms with E-state index in [0.29, 0.717) is 18.4 Å². The van der Waals surface area contributed by atoms with Gasteiger partial charge in [-0.3, -0.25) is 4.72 Å². The Labute approximate surface area is 179 Å². The van der Waals surface area contributed by atoms with E-state index in [9.17, 15) is 17.2 Å². The summed E-state index contributed by atoms with van der Waals surface area (Å²) in [6, 6.07) is 9.30. The number of hydrogen-bond donors (Lipinski definition) is 2. The van der Waals surface area contributed by atoms with Gasteiger partial charge < -0.3 is 10.2 Å². The van der Waals surface area contributed by atoms with E-state index in [0.717, 1.165) is 36.6 Å². The summed E-state index contributed by atoms with van der Waals surface area (Å²) in [5.41, 5.74) is 0.830. The Bertz CT molecular complexity index is 1150. The minimum Gasteiger partial charge on any atom is -0.366 e. The summed E-state index contributed by atoms with van der Waals surface area (Å²) < 4.78 is 53.6. The van der Waals surface area contributed by atoms with Gasteiger partial charge in [-0.05, 0) is 54.8 Å². The predicted molar refractivity (Wildman–Crippen MR) is 114 cm³/mol. The Hall–Kier alpha value is -3.27. The topological polar surface area (TPSA) is 87.2 Å². The Kier molecular flexibility index (Phi) is 5.99. The number of benzene rings is 1. The van der Waals surface area contributed by atoms with Crippen LogP contribution in [0.3, 0.4) is 0 Å². The van der Waals surface area contributed by atoms with Gasteiger partial charge in [0.15, 0.2) is 0 Å². The molecular weight excluding hydrogens is 424 g/mol. The number of sulfonamides is 1. The van der Waals surface area contributed by atoms with E-state index in [1.165, 1.54) is 31.2 Å². The van der Waals surface area contributed by atoms with E-state index in [-0.39, 0.29) is 10.6 Å². The van der Waals surface area contributed by atoms with Crippen LogP contribution < -0.4 is 14.9 Å². The Morgan fingerprint density at radius 2 is 1.71 bits per heavy atom. The van der Waals surface area contributed by atoms with E-state index in [1.807, 2.05) is 12.1 Å². The third-order valence-electron chi connectivity index (χ3n) is 4.88. The number of pyridine rings is 2. The molecule has 1 aliphatic heterocycles. The van der Waals surface area contributed by atoms with E-state index in [1.54, 1.807) is 6.20 Å². The van der Waals surface area contributed by atoms with Crippen molar-refractivity contribution in [1.29, 1.82) is 0 Å². The van der Waals surface area contributed by atoms with Crippen LogP contribution in [0.15, 0.2) is 59.8 Å². The lowest BCUT2D eigenvalue weighted by Gasteiger charge is -2.17. The van der Waals surface area contributed by atoms with Gasteiger partial charge in [-0.1, -0.05) is 0 Å². The fraction of sp³-hybridized carbons (Fsp3) is 0.238. The van der Waals surface area contributed by atoms with Crippen molar-refractivity contribution in [3.8, 4) is 0 Å². The van der Waals surface area contributed by atoms with Crippen LogP contribution in [0.5, 0.6) is 0 Å². The number of anilines is 3. The number of aromatic nitrogens is 2. The Morgan fingerprint density at radius 3 is 2.39 bits per heavy atom. The van der Waals surface area contributed by atoms with Crippen LogP contribution >= 0.6 is 0 Å². The van der Waals surface area contributed by atoms with Crippen LogP contribution in [0.2, 0.25) is 0 Å². The average molecular weight is 445 g/mol. The zero-order chi connectivity index (χ0) is 21.8. The van der Waals surface area contributed by atoms with Crippen molar-refractivity contribution in [3.05, 3.63) is 72.1 Å². The zero-order valence-corrected chi connectivity index (χ0v) is 17.4. The van der Waals surface area contributed by atoms with Gasteiger partial charge in [-0.15, -0.1) is 0 Å². The van der Waals surface area contributed by atoms with Gasteiger partial charge in [0.05, 0.1) is 5.69 Å². The molecule has 1 saturated heterocycles. The third kappa shape index (κ3) is 5.26. The predicted octanol–water partition coefficient (Wildman–Crippen LogP) is 3.77. The highest BCUT2D eigenvalue weighted by molar-refractivity contribution is 7.92. The van der Waals surface area contributed by atoms with Crippen molar-refractivity contribution in [2.24, 2.45) is 0 Å². The molecule has 0 aliphatic carbocycles. The Morgan fingerprint density at radius 1 is 0.968 bits per heavy atom. The minimum atomic E-state index is -4.03. The molecule has 162 valence electrons. The maximum Gasteiger partial charge on any atom is 0.263 e. The van der Waals surface area contributed by atoms with Crippen molar-refractivity contribution in [3.63, 3.8) is 0 Å². The molecule has 7 nitrogen and oxygen atoms in total. The summed E-state index contributed by atoms with van der Waals surface area (Å²) in [5, 5.41) is 3.15. The highest BCUT2D eigenvalue weighted by Gasteiger charge is 2.16. The molecule has 0 amide bonds.